The third-order valence-electron chi connectivity index (χ3n) is 3.51. The number of hydrogen-bond acceptors (Lipinski definition) is 3. The van der Waals surface area contributed by atoms with E-state index in [0.717, 1.165) is 16.8 Å². The van der Waals surface area contributed by atoms with Gasteiger partial charge in [-0.05, 0) is 25.8 Å². The average Bonchev–Trinajstić information content (AvgIpc) is 2.92. The molecule has 90 valence electrons. The molecule has 1 aliphatic rings. The lowest BCUT2D eigenvalue weighted by Gasteiger charge is -2.22. The maximum absolute atomic E-state index is 4.35. The summed E-state index contributed by atoms with van der Waals surface area (Å²) in [5.41, 5.74) is 0. The molecule has 3 nitrogen and oxygen atoms in total. The summed E-state index contributed by atoms with van der Waals surface area (Å²) < 4.78 is 2.09. The number of aromatic nitrogens is 2. The number of hydrogen-bond donors (Lipinski definition) is 1. The SMILES string of the molecule is CNC(CSc1nccn1C)C1CCCC1. The van der Waals surface area contributed by atoms with Gasteiger partial charge in [0.15, 0.2) is 5.16 Å². The van der Waals surface area contributed by atoms with E-state index in [4.69, 9.17) is 0 Å². The molecule has 0 amide bonds. The van der Waals surface area contributed by atoms with Crippen LogP contribution in [0, 0.1) is 5.92 Å². The summed E-state index contributed by atoms with van der Waals surface area (Å²) in [5.74, 6) is 2.00. The lowest BCUT2D eigenvalue weighted by molar-refractivity contribution is 0.410. The van der Waals surface area contributed by atoms with Gasteiger partial charge in [-0.15, -0.1) is 0 Å². The molecule has 1 fully saturated rings. The lowest BCUT2D eigenvalue weighted by Crippen LogP contribution is -2.34. The first-order valence-corrected chi connectivity index (χ1v) is 7.07. The third-order valence-corrected chi connectivity index (χ3v) is 4.69. The largest absolute Gasteiger partial charge is 0.329 e. The van der Waals surface area contributed by atoms with Crippen molar-refractivity contribution in [3.05, 3.63) is 12.4 Å². The molecule has 0 saturated heterocycles. The molecule has 4 heteroatoms. The quantitative estimate of drug-likeness (QED) is 0.800. The zero-order chi connectivity index (χ0) is 11.4. The highest BCUT2D eigenvalue weighted by Crippen LogP contribution is 2.30. The maximum atomic E-state index is 4.35. The van der Waals surface area contributed by atoms with Crippen LogP contribution < -0.4 is 5.32 Å². The summed E-state index contributed by atoms with van der Waals surface area (Å²) >= 11 is 1.86. The molecule has 0 radical (unpaired) electrons. The van der Waals surface area contributed by atoms with Gasteiger partial charge in [0.2, 0.25) is 0 Å². The fourth-order valence-electron chi connectivity index (χ4n) is 2.47. The standard InChI is InChI=1S/C12H21N3S/c1-13-11(10-5-3-4-6-10)9-16-12-14-7-8-15(12)2/h7-8,10-11,13H,3-6,9H2,1-2H3. The maximum Gasteiger partial charge on any atom is 0.167 e. The predicted octanol–water partition coefficient (Wildman–Crippen LogP) is 2.29. The molecular weight excluding hydrogens is 218 g/mol. The molecule has 1 aromatic rings. The molecule has 0 spiro atoms. The molecule has 1 heterocycles. The van der Waals surface area contributed by atoms with Crippen LogP contribution in [0.5, 0.6) is 0 Å². The highest BCUT2D eigenvalue weighted by atomic mass is 32.2. The highest BCUT2D eigenvalue weighted by molar-refractivity contribution is 7.99. The fraction of sp³-hybridized carbons (Fsp3) is 0.750. The van der Waals surface area contributed by atoms with Crippen LogP contribution in [-0.2, 0) is 7.05 Å². The lowest BCUT2D eigenvalue weighted by atomic mass is 10.0. The van der Waals surface area contributed by atoms with Crippen LogP contribution in [0.2, 0.25) is 0 Å². The Bertz CT molecular complexity index is 318. The molecular formula is C12H21N3S. The van der Waals surface area contributed by atoms with Crippen molar-refractivity contribution in [2.24, 2.45) is 13.0 Å². The second-order valence-electron chi connectivity index (χ2n) is 4.57. The normalized spacial score (nSPS) is 19.1. The smallest absolute Gasteiger partial charge is 0.167 e. The second kappa shape index (κ2) is 5.73. The van der Waals surface area contributed by atoms with E-state index in [9.17, 15) is 0 Å². The zero-order valence-corrected chi connectivity index (χ0v) is 11.0. The van der Waals surface area contributed by atoms with E-state index < -0.39 is 0 Å². The van der Waals surface area contributed by atoms with Gasteiger partial charge in [0.05, 0.1) is 0 Å². The number of thioether (sulfide) groups is 1. The Hall–Kier alpha value is -0.480. The Labute approximate surface area is 102 Å². The Balaban J connectivity index is 1.85. The minimum absolute atomic E-state index is 0.643. The van der Waals surface area contributed by atoms with E-state index in [1.54, 1.807) is 0 Å². The van der Waals surface area contributed by atoms with Gasteiger partial charge < -0.3 is 9.88 Å². The van der Waals surface area contributed by atoms with E-state index in [0.29, 0.717) is 6.04 Å². The Morgan fingerprint density at radius 2 is 2.31 bits per heavy atom. The van der Waals surface area contributed by atoms with Gasteiger partial charge in [0.1, 0.15) is 0 Å². The summed E-state index contributed by atoms with van der Waals surface area (Å²) in [5, 5.41) is 4.59. The van der Waals surface area contributed by atoms with Crippen molar-refractivity contribution in [2.45, 2.75) is 36.9 Å². The number of aryl methyl sites for hydroxylation is 1. The van der Waals surface area contributed by atoms with Gasteiger partial charge in [-0.2, -0.15) is 0 Å². The van der Waals surface area contributed by atoms with Crippen LogP contribution in [0.25, 0.3) is 0 Å². The summed E-state index contributed by atoms with van der Waals surface area (Å²) in [7, 11) is 4.14. The molecule has 1 aromatic heterocycles. The van der Waals surface area contributed by atoms with E-state index in [1.807, 2.05) is 24.2 Å². The van der Waals surface area contributed by atoms with Crippen molar-refractivity contribution >= 4 is 11.8 Å². The first-order valence-electron chi connectivity index (χ1n) is 6.08. The van der Waals surface area contributed by atoms with Crippen LogP contribution in [0.3, 0.4) is 0 Å². The number of rotatable bonds is 5. The van der Waals surface area contributed by atoms with Crippen molar-refractivity contribution in [3.63, 3.8) is 0 Å². The second-order valence-corrected chi connectivity index (χ2v) is 5.56. The van der Waals surface area contributed by atoms with Crippen LogP contribution >= 0.6 is 11.8 Å². The Kier molecular flexibility index (Phi) is 4.29. The molecule has 1 atom stereocenters. The monoisotopic (exact) mass is 239 g/mol. The molecule has 0 aliphatic heterocycles. The van der Waals surface area contributed by atoms with Crippen LogP contribution in [0.4, 0.5) is 0 Å². The van der Waals surface area contributed by atoms with Gasteiger partial charge >= 0.3 is 0 Å². The summed E-state index contributed by atoms with van der Waals surface area (Å²) in [6.07, 6.45) is 9.49. The van der Waals surface area contributed by atoms with Crippen LogP contribution in [0.1, 0.15) is 25.7 Å². The van der Waals surface area contributed by atoms with Crippen molar-refractivity contribution < 1.29 is 0 Å². The molecule has 0 aromatic carbocycles. The average molecular weight is 239 g/mol. The minimum atomic E-state index is 0.643. The van der Waals surface area contributed by atoms with Crippen molar-refractivity contribution in [2.75, 3.05) is 12.8 Å². The number of imidazole rings is 1. The highest BCUT2D eigenvalue weighted by Gasteiger charge is 2.23. The van der Waals surface area contributed by atoms with E-state index in [1.165, 1.54) is 25.7 Å². The zero-order valence-electron chi connectivity index (χ0n) is 10.1. The van der Waals surface area contributed by atoms with Crippen molar-refractivity contribution in [1.29, 1.82) is 0 Å². The Morgan fingerprint density at radius 3 is 2.88 bits per heavy atom. The molecule has 16 heavy (non-hydrogen) atoms. The molecule has 1 N–H and O–H groups in total. The topological polar surface area (TPSA) is 29.9 Å². The van der Waals surface area contributed by atoms with Gasteiger partial charge in [-0.1, -0.05) is 24.6 Å². The van der Waals surface area contributed by atoms with Gasteiger partial charge in [-0.25, -0.2) is 4.98 Å². The van der Waals surface area contributed by atoms with Crippen LogP contribution in [-0.4, -0.2) is 28.4 Å². The molecule has 0 bridgehead atoms. The van der Waals surface area contributed by atoms with Crippen molar-refractivity contribution in [3.8, 4) is 0 Å². The first kappa shape index (κ1) is 12.0. The van der Waals surface area contributed by atoms with Gasteiger partial charge in [0, 0.05) is 31.2 Å². The molecule has 2 rings (SSSR count). The van der Waals surface area contributed by atoms with E-state index >= 15 is 0 Å². The summed E-state index contributed by atoms with van der Waals surface area (Å²) in [6, 6.07) is 0.643. The summed E-state index contributed by atoms with van der Waals surface area (Å²) in [4.78, 5) is 4.35. The van der Waals surface area contributed by atoms with Gasteiger partial charge in [-0.3, -0.25) is 0 Å². The molecule has 1 unspecified atom stereocenters. The first-order chi connectivity index (χ1) is 7.81. The minimum Gasteiger partial charge on any atom is -0.329 e. The van der Waals surface area contributed by atoms with Crippen molar-refractivity contribution in [1.82, 2.24) is 14.9 Å². The predicted molar refractivity (Wildman–Crippen MR) is 68.7 cm³/mol. The number of nitrogens with zero attached hydrogens (tertiary/aromatic N) is 2. The van der Waals surface area contributed by atoms with Gasteiger partial charge in [0.25, 0.3) is 0 Å². The Morgan fingerprint density at radius 1 is 1.56 bits per heavy atom. The van der Waals surface area contributed by atoms with E-state index in [2.05, 4.69) is 29.0 Å². The van der Waals surface area contributed by atoms with Crippen LogP contribution in [0.15, 0.2) is 17.6 Å². The fourth-order valence-corrected chi connectivity index (χ4v) is 3.64. The molecule has 1 aliphatic carbocycles. The van der Waals surface area contributed by atoms with E-state index in [-0.39, 0.29) is 0 Å². The number of nitrogens with one attached hydrogen (secondary N) is 1. The third kappa shape index (κ3) is 2.80. The molecule has 1 saturated carbocycles. The summed E-state index contributed by atoms with van der Waals surface area (Å²) in [6.45, 7) is 0.